The molecule has 0 nitrogen and oxygen atoms in total. The summed E-state index contributed by atoms with van der Waals surface area (Å²) in [6, 6.07) is 20.7. The van der Waals surface area contributed by atoms with Crippen molar-refractivity contribution in [2.24, 2.45) is 0 Å². The minimum atomic E-state index is 1.07. The van der Waals surface area contributed by atoms with Crippen molar-refractivity contribution in [3.05, 3.63) is 60.2 Å². The molecule has 0 unspecified atom stereocenters. The maximum atomic E-state index is 3.36. The van der Waals surface area contributed by atoms with E-state index in [0.717, 1.165) is 6.42 Å². The van der Waals surface area contributed by atoms with Crippen molar-refractivity contribution in [2.75, 3.05) is 0 Å². The van der Waals surface area contributed by atoms with E-state index in [0.29, 0.717) is 0 Å². The fourth-order valence-electron chi connectivity index (χ4n) is 2.12. The molecule has 3 aromatic carbocycles. The fourth-order valence-corrected chi connectivity index (χ4v) is 2.12. The molecule has 0 saturated carbocycles. The van der Waals surface area contributed by atoms with Crippen LogP contribution in [0.5, 0.6) is 0 Å². The van der Waals surface area contributed by atoms with Gasteiger partial charge in [-0.3, -0.25) is 0 Å². The van der Waals surface area contributed by atoms with E-state index in [1.165, 1.54) is 27.1 Å². The van der Waals surface area contributed by atoms with Crippen LogP contribution in [0, 0.1) is 6.07 Å². The molecule has 1 radical (unpaired) electrons. The van der Waals surface area contributed by atoms with Gasteiger partial charge in [0.2, 0.25) is 0 Å². The van der Waals surface area contributed by atoms with E-state index in [1.807, 2.05) is 0 Å². The Kier molecular flexibility index (Phi) is 2.14. The third kappa shape index (κ3) is 1.47. The number of hydrogen-bond donors (Lipinski definition) is 0. The van der Waals surface area contributed by atoms with Crippen LogP contribution >= 0.6 is 0 Å². The topological polar surface area (TPSA) is 0 Å². The third-order valence-corrected chi connectivity index (χ3v) is 3.08. The van der Waals surface area contributed by atoms with E-state index in [1.54, 1.807) is 0 Å². The van der Waals surface area contributed by atoms with E-state index in [-0.39, 0.29) is 0 Å². The first-order valence-electron chi connectivity index (χ1n) is 5.70. The summed E-state index contributed by atoms with van der Waals surface area (Å²) in [6.07, 6.45) is 1.07. The van der Waals surface area contributed by atoms with Crippen LogP contribution in [-0.2, 0) is 6.42 Å². The lowest BCUT2D eigenvalue weighted by Gasteiger charge is -2.03. The van der Waals surface area contributed by atoms with Gasteiger partial charge in [-0.1, -0.05) is 43.3 Å². The average molecular weight is 205 g/mol. The van der Waals surface area contributed by atoms with Crippen LogP contribution < -0.4 is 0 Å². The molecule has 3 rings (SSSR count). The summed E-state index contributed by atoms with van der Waals surface area (Å²) in [5.74, 6) is 0. The van der Waals surface area contributed by atoms with Crippen molar-refractivity contribution < 1.29 is 0 Å². The minimum Gasteiger partial charge on any atom is -0.0616 e. The van der Waals surface area contributed by atoms with Gasteiger partial charge in [0, 0.05) is 0 Å². The maximum absolute atomic E-state index is 3.36. The standard InChI is InChI=1S/C16H13/c1-2-12-7-8-15-10-13-5-3-4-6-14(13)11-16(15)9-12/h3-7,9-11H,2H2,1H3. The van der Waals surface area contributed by atoms with E-state index in [4.69, 9.17) is 0 Å². The Morgan fingerprint density at radius 2 is 1.69 bits per heavy atom. The second kappa shape index (κ2) is 3.64. The molecule has 0 aromatic heterocycles. The number of hydrogen-bond acceptors (Lipinski definition) is 0. The van der Waals surface area contributed by atoms with Crippen molar-refractivity contribution >= 4 is 21.5 Å². The van der Waals surface area contributed by atoms with Gasteiger partial charge >= 0.3 is 0 Å². The highest BCUT2D eigenvalue weighted by atomic mass is 14.0. The zero-order valence-electron chi connectivity index (χ0n) is 9.33. The summed E-state index contributed by atoms with van der Waals surface area (Å²) in [5, 5.41) is 5.08. The zero-order chi connectivity index (χ0) is 11.0. The van der Waals surface area contributed by atoms with E-state index in [9.17, 15) is 0 Å². The van der Waals surface area contributed by atoms with Crippen molar-refractivity contribution in [1.82, 2.24) is 0 Å². The van der Waals surface area contributed by atoms with Gasteiger partial charge in [-0.25, -0.2) is 0 Å². The molecule has 77 valence electrons. The highest BCUT2D eigenvalue weighted by Gasteiger charge is 1.98. The smallest absolute Gasteiger partial charge is 0.00961 e. The molecule has 0 fully saturated rings. The molecule has 0 aliphatic carbocycles. The monoisotopic (exact) mass is 205 g/mol. The highest BCUT2D eigenvalue weighted by molar-refractivity contribution is 5.98. The Labute approximate surface area is 95.5 Å². The molecule has 0 saturated heterocycles. The molecule has 0 spiro atoms. The molecule has 0 N–H and O–H groups in total. The number of fused-ring (bicyclic) bond motifs is 2. The molecule has 0 amide bonds. The molecular weight excluding hydrogens is 192 g/mol. The lowest BCUT2D eigenvalue weighted by atomic mass is 10.0. The lowest BCUT2D eigenvalue weighted by molar-refractivity contribution is 1.15. The Bertz CT molecular complexity index is 650. The molecule has 0 aliphatic rings. The van der Waals surface area contributed by atoms with E-state index in [2.05, 4.69) is 61.5 Å². The summed E-state index contributed by atoms with van der Waals surface area (Å²) >= 11 is 0. The van der Waals surface area contributed by atoms with Gasteiger partial charge in [-0.2, -0.15) is 0 Å². The predicted molar refractivity (Wildman–Crippen MR) is 69.7 cm³/mol. The van der Waals surface area contributed by atoms with Gasteiger partial charge in [-0.15, -0.1) is 0 Å². The zero-order valence-corrected chi connectivity index (χ0v) is 9.33. The van der Waals surface area contributed by atoms with Crippen molar-refractivity contribution in [2.45, 2.75) is 13.3 Å². The number of rotatable bonds is 1. The minimum absolute atomic E-state index is 1.07. The van der Waals surface area contributed by atoms with E-state index >= 15 is 0 Å². The Morgan fingerprint density at radius 1 is 0.938 bits per heavy atom. The second-order valence-corrected chi connectivity index (χ2v) is 4.15. The highest BCUT2D eigenvalue weighted by Crippen LogP contribution is 2.23. The molecule has 0 aliphatic heterocycles. The van der Waals surface area contributed by atoms with Crippen molar-refractivity contribution in [3.8, 4) is 0 Å². The Hall–Kier alpha value is -1.82. The van der Waals surface area contributed by atoms with Gasteiger partial charge in [0.25, 0.3) is 0 Å². The first-order chi connectivity index (χ1) is 7.86. The summed E-state index contributed by atoms with van der Waals surface area (Å²) in [5.41, 5.74) is 1.35. The van der Waals surface area contributed by atoms with Gasteiger partial charge in [-0.05, 0) is 51.7 Å². The Balaban J connectivity index is 2.37. The van der Waals surface area contributed by atoms with Crippen LogP contribution in [0.1, 0.15) is 12.5 Å². The molecule has 0 heteroatoms. The van der Waals surface area contributed by atoms with Crippen LogP contribution in [0.4, 0.5) is 0 Å². The normalized spacial score (nSPS) is 11.1. The summed E-state index contributed by atoms with van der Waals surface area (Å²) in [6.45, 7) is 2.18. The first-order valence-corrected chi connectivity index (χ1v) is 5.70. The van der Waals surface area contributed by atoms with Crippen LogP contribution in [0.15, 0.2) is 48.5 Å². The summed E-state index contributed by atoms with van der Waals surface area (Å²) in [4.78, 5) is 0. The molecule has 0 heterocycles. The van der Waals surface area contributed by atoms with Gasteiger partial charge < -0.3 is 0 Å². The van der Waals surface area contributed by atoms with Gasteiger partial charge in [0.15, 0.2) is 0 Å². The molecular formula is C16H13. The van der Waals surface area contributed by atoms with Crippen LogP contribution in [0.2, 0.25) is 0 Å². The first kappa shape index (κ1) is 9.41. The molecule has 3 aromatic rings. The van der Waals surface area contributed by atoms with Crippen molar-refractivity contribution in [1.29, 1.82) is 0 Å². The number of aryl methyl sites for hydroxylation is 1. The van der Waals surface area contributed by atoms with Gasteiger partial charge in [0.05, 0.1) is 0 Å². The predicted octanol–water partition coefficient (Wildman–Crippen LogP) is 4.36. The van der Waals surface area contributed by atoms with Gasteiger partial charge in [0.1, 0.15) is 0 Å². The maximum Gasteiger partial charge on any atom is -0.00961 e. The molecule has 0 bridgehead atoms. The second-order valence-electron chi connectivity index (χ2n) is 4.15. The summed E-state index contributed by atoms with van der Waals surface area (Å²) in [7, 11) is 0. The Morgan fingerprint density at radius 3 is 2.44 bits per heavy atom. The van der Waals surface area contributed by atoms with Crippen molar-refractivity contribution in [3.63, 3.8) is 0 Å². The lowest BCUT2D eigenvalue weighted by Crippen LogP contribution is -1.81. The fraction of sp³-hybridized carbons (Fsp3) is 0.125. The average Bonchev–Trinajstić information content (AvgIpc) is 2.35. The molecule has 16 heavy (non-hydrogen) atoms. The third-order valence-electron chi connectivity index (χ3n) is 3.08. The molecule has 0 atom stereocenters. The van der Waals surface area contributed by atoms with E-state index < -0.39 is 0 Å². The van der Waals surface area contributed by atoms with Crippen LogP contribution in [0.25, 0.3) is 21.5 Å². The van der Waals surface area contributed by atoms with Crippen LogP contribution in [-0.4, -0.2) is 0 Å². The van der Waals surface area contributed by atoms with Crippen LogP contribution in [0.3, 0.4) is 0 Å². The summed E-state index contributed by atoms with van der Waals surface area (Å²) < 4.78 is 0. The largest absolute Gasteiger partial charge is 0.0616 e. The number of benzene rings is 3. The quantitative estimate of drug-likeness (QED) is 0.518. The SMILES string of the molecule is CCc1c[c]c2cc3ccccc3cc2c1.